The lowest BCUT2D eigenvalue weighted by atomic mass is 10.1. The number of halogens is 1. The molecule has 0 unspecified atom stereocenters. The molecule has 2 rings (SSSR count). The summed E-state index contributed by atoms with van der Waals surface area (Å²) in [6, 6.07) is 9.97. The predicted octanol–water partition coefficient (Wildman–Crippen LogP) is 1.81. The van der Waals surface area contributed by atoms with E-state index in [-0.39, 0.29) is 29.4 Å². The second kappa shape index (κ2) is 8.42. The maximum absolute atomic E-state index is 13.4. The molecule has 0 heterocycles. The van der Waals surface area contributed by atoms with Gasteiger partial charge in [-0.2, -0.15) is 0 Å². The standard InChI is InChI=1S/C18H20FNO4/c1-12-2-4-13(5-3-12)8-20-17(23)11-24-18-14(9-21)6-16(19)7-15(18)10-22/h2-7,21-22H,8-11H2,1H3,(H,20,23). The van der Waals surface area contributed by atoms with E-state index in [1.165, 1.54) is 0 Å². The van der Waals surface area contributed by atoms with E-state index < -0.39 is 19.0 Å². The fourth-order valence-corrected chi connectivity index (χ4v) is 2.23. The van der Waals surface area contributed by atoms with Crippen molar-refractivity contribution in [2.45, 2.75) is 26.7 Å². The maximum atomic E-state index is 13.4. The summed E-state index contributed by atoms with van der Waals surface area (Å²) in [6.07, 6.45) is 0. The lowest BCUT2D eigenvalue weighted by Gasteiger charge is -2.14. The lowest BCUT2D eigenvalue weighted by Crippen LogP contribution is -2.28. The van der Waals surface area contributed by atoms with E-state index >= 15 is 0 Å². The number of hydrogen-bond donors (Lipinski definition) is 3. The number of hydrogen-bond acceptors (Lipinski definition) is 4. The summed E-state index contributed by atoms with van der Waals surface area (Å²) in [7, 11) is 0. The minimum atomic E-state index is -0.584. The van der Waals surface area contributed by atoms with Crippen molar-refractivity contribution in [2.24, 2.45) is 0 Å². The highest BCUT2D eigenvalue weighted by molar-refractivity contribution is 5.77. The molecule has 3 N–H and O–H groups in total. The number of carbonyl (C=O) groups excluding carboxylic acids is 1. The minimum absolute atomic E-state index is 0.131. The van der Waals surface area contributed by atoms with Crippen molar-refractivity contribution in [3.05, 3.63) is 64.5 Å². The van der Waals surface area contributed by atoms with E-state index in [4.69, 9.17) is 4.74 Å². The Labute approximate surface area is 139 Å². The van der Waals surface area contributed by atoms with Crippen LogP contribution in [0.2, 0.25) is 0 Å². The van der Waals surface area contributed by atoms with E-state index in [9.17, 15) is 19.4 Å². The molecule has 0 aliphatic rings. The molecule has 0 bridgehead atoms. The molecule has 0 radical (unpaired) electrons. The summed E-state index contributed by atoms with van der Waals surface area (Å²) < 4.78 is 18.7. The molecule has 0 atom stereocenters. The Morgan fingerprint density at radius 1 is 1.12 bits per heavy atom. The first-order chi connectivity index (χ1) is 11.5. The van der Waals surface area contributed by atoms with Gasteiger partial charge in [-0.3, -0.25) is 4.79 Å². The van der Waals surface area contributed by atoms with E-state index in [0.29, 0.717) is 6.54 Å². The average molecular weight is 333 g/mol. The number of rotatable bonds is 7. The van der Waals surface area contributed by atoms with Crippen molar-refractivity contribution in [2.75, 3.05) is 6.61 Å². The predicted molar refractivity (Wildman–Crippen MR) is 86.8 cm³/mol. The monoisotopic (exact) mass is 333 g/mol. The van der Waals surface area contributed by atoms with E-state index in [1.54, 1.807) is 0 Å². The van der Waals surface area contributed by atoms with Crippen LogP contribution in [0, 0.1) is 12.7 Å². The molecular formula is C18H20FNO4. The van der Waals surface area contributed by atoms with Gasteiger partial charge in [0, 0.05) is 17.7 Å². The van der Waals surface area contributed by atoms with Crippen LogP contribution in [0.15, 0.2) is 36.4 Å². The second-order valence-corrected chi connectivity index (χ2v) is 5.42. The highest BCUT2D eigenvalue weighted by Crippen LogP contribution is 2.26. The maximum Gasteiger partial charge on any atom is 0.258 e. The van der Waals surface area contributed by atoms with Gasteiger partial charge in [0.15, 0.2) is 6.61 Å². The topological polar surface area (TPSA) is 78.8 Å². The Bertz CT molecular complexity index is 676. The molecule has 0 aromatic heterocycles. The molecule has 5 nitrogen and oxygen atoms in total. The third kappa shape index (κ3) is 4.78. The molecule has 0 spiro atoms. The van der Waals surface area contributed by atoms with Gasteiger partial charge >= 0.3 is 0 Å². The number of nitrogens with one attached hydrogen (secondary N) is 1. The number of aliphatic hydroxyl groups is 2. The summed E-state index contributed by atoms with van der Waals surface area (Å²) in [4.78, 5) is 11.9. The van der Waals surface area contributed by atoms with Crippen LogP contribution in [0.4, 0.5) is 4.39 Å². The zero-order valence-corrected chi connectivity index (χ0v) is 13.4. The summed E-state index contributed by atoms with van der Waals surface area (Å²) in [5.41, 5.74) is 2.47. The van der Waals surface area contributed by atoms with Gasteiger partial charge in [0.05, 0.1) is 13.2 Å². The van der Waals surface area contributed by atoms with Crippen LogP contribution >= 0.6 is 0 Å². The first-order valence-corrected chi connectivity index (χ1v) is 7.51. The van der Waals surface area contributed by atoms with Crippen LogP contribution in [0.5, 0.6) is 5.75 Å². The van der Waals surface area contributed by atoms with Gasteiger partial charge < -0.3 is 20.3 Å². The molecule has 2 aromatic carbocycles. The smallest absolute Gasteiger partial charge is 0.258 e. The van der Waals surface area contributed by atoms with E-state index in [2.05, 4.69) is 5.32 Å². The number of carbonyl (C=O) groups is 1. The summed E-state index contributed by atoms with van der Waals surface area (Å²) in [5, 5.41) is 21.3. The first kappa shape index (κ1) is 17.9. The number of aliphatic hydroxyl groups excluding tert-OH is 2. The molecule has 0 saturated carbocycles. The average Bonchev–Trinajstić information content (AvgIpc) is 2.59. The molecular weight excluding hydrogens is 313 g/mol. The zero-order chi connectivity index (χ0) is 17.5. The van der Waals surface area contributed by atoms with Gasteiger partial charge in [0.25, 0.3) is 5.91 Å². The fraction of sp³-hybridized carbons (Fsp3) is 0.278. The summed E-state index contributed by atoms with van der Waals surface area (Å²) in [6.45, 7) is 1.15. The van der Waals surface area contributed by atoms with Crippen LogP contribution < -0.4 is 10.1 Å². The largest absolute Gasteiger partial charge is 0.483 e. The Morgan fingerprint density at radius 2 is 1.71 bits per heavy atom. The zero-order valence-electron chi connectivity index (χ0n) is 13.4. The van der Waals surface area contributed by atoms with Crippen LogP contribution in [-0.2, 0) is 24.6 Å². The number of benzene rings is 2. The molecule has 0 aliphatic carbocycles. The normalized spacial score (nSPS) is 10.5. The molecule has 2 aromatic rings. The van der Waals surface area contributed by atoms with Gasteiger partial charge in [-0.15, -0.1) is 0 Å². The van der Waals surface area contributed by atoms with Crippen molar-refractivity contribution in [1.82, 2.24) is 5.32 Å². The summed E-state index contributed by atoms with van der Waals surface area (Å²) in [5.74, 6) is -0.807. The molecule has 0 fully saturated rings. The fourth-order valence-electron chi connectivity index (χ4n) is 2.23. The third-order valence-corrected chi connectivity index (χ3v) is 3.51. The quantitative estimate of drug-likeness (QED) is 0.722. The van der Waals surface area contributed by atoms with Crippen LogP contribution in [-0.4, -0.2) is 22.7 Å². The molecule has 24 heavy (non-hydrogen) atoms. The Morgan fingerprint density at radius 3 is 2.25 bits per heavy atom. The summed E-state index contributed by atoms with van der Waals surface area (Å²) >= 11 is 0. The van der Waals surface area contributed by atoms with Crippen molar-refractivity contribution in [1.29, 1.82) is 0 Å². The SMILES string of the molecule is Cc1ccc(CNC(=O)COc2c(CO)cc(F)cc2CO)cc1. The van der Waals surface area contributed by atoms with E-state index in [0.717, 1.165) is 23.3 Å². The third-order valence-electron chi connectivity index (χ3n) is 3.51. The lowest BCUT2D eigenvalue weighted by molar-refractivity contribution is -0.123. The molecule has 6 heteroatoms. The minimum Gasteiger partial charge on any atom is -0.483 e. The Hall–Kier alpha value is -2.44. The Balaban J connectivity index is 1.95. The highest BCUT2D eigenvalue weighted by atomic mass is 19.1. The van der Waals surface area contributed by atoms with Crippen LogP contribution in [0.3, 0.4) is 0 Å². The van der Waals surface area contributed by atoms with Gasteiger partial charge in [0.1, 0.15) is 11.6 Å². The van der Waals surface area contributed by atoms with Crippen molar-refractivity contribution >= 4 is 5.91 Å². The van der Waals surface area contributed by atoms with Crippen molar-refractivity contribution in [3.63, 3.8) is 0 Å². The van der Waals surface area contributed by atoms with Crippen molar-refractivity contribution in [3.8, 4) is 5.75 Å². The molecule has 128 valence electrons. The highest BCUT2D eigenvalue weighted by Gasteiger charge is 2.13. The van der Waals surface area contributed by atoms with Crippen LogP contribution in [0.1, 0.15) is 22.3 Å². The van der Waals surface area contributed by atoms with Crippen molar-refractivity contribution < 1.29 is 24.1 Å². The van der Waals surface area contributed by atoms with E-state index in [1.807, 2.05) is 31.2 Å². The number of ether oxygens (including phenoxy) is 1. The number of aryl methyl sites for hydroxylation is 1. The molecule has 0 saturated heterocycles. The first-order valence-electron chi connectivity index (χ1n) is 7.51. The molecule has 1 amide bonds. The van der Waals surface area contributed by atoms with Gasteiger partial charge in [-0.05, 0) is 24.6 Å². The second-order valence-electron chi connectivity index (χ2n) is 5.42. The Kier molecular flexibility index (Phi) is 6.28. The van der Waals surface area contributed by atoms with Gasteiger partial charge in [0.2, 0.25) is 0 Å². The van der Waals surface area contributed by atoms with Crippen LogP contribution in [0.25, 0.3) is 0 Å². The van der Waals surface area contributed by atoms with Gasteiger partial charge in [-0.1, -0.05) is 29.8 Å². The van der Waals surface area contributed by atoms with Gasteiger partial charge in [-0.25, -0.2) is 4.39 Å². The molecule has 0 aliphatic heterocycles. The number of amides is 1.